The number of halogens is 5. The SMILES string of the molecule is COc1nc(-c2cccc(-c3cccc(Nc4nc(C(F)(F)F)cc5c4c(=O)n(C)c(=O)n5C)c3Cl)c2Cl)cc2c1C(NC[C@@H]1CCC(=O)N1)CC2. The van der Waals surface area contributed by atoms with E-state index in [1.807, 2.05) is 12.1 Å². The Labute approximate surface area is 304 Å². The summed E-state index contributed by atoms with van der Waals surface area (Å²) in [6.45, 7) is 0.639. The number of benzene rings is 2. The second kappa shape index (κ2) is 13.6. The van der Waals surface area contributed by atoms with E-state index in [1.165, 1.54) is 20.2 Å². The molecule has 0 bridgehead atoms. The Hall–Kier alpha value is -4.92. The molecule has 7 rings (SSSR count). The fourth-order valence-electron chi connectivity index (χ4n) is 6.95. The summed E-state index contributed by atoms with van der Waals surface area (Å²) in [5.74, 6) is 0.108. The molecule has 1 saturated heterocycles. The third-order valence-corrected chi connectivity index (χ3v) is 10.4. The van der Waals surface area contributed by atoms with Crippen molar-refractivity contribution in [3.63, 3.8) is 0 Å². The Kier molecular flexibility index (Phi) is 9.26. The third kappa shape index (κ3) is 6.28. The predicted octanol–water partition coefficient (Wildman–Crippen LogP) is 6.29. The lowest BCUT2D eigenvalue weighted by Gasteiger charge is -2.20. The Morgan fingerprint density at radius 3 is 2.35 bits per heavy atom. The summed E-state index contributed by atoms with van der Waals surface area (Å²) >= 11 is 14.0. The Bertz CT molecular complexity index is 2400. The van der Waals surface area contributed by atoms with Crippen molar-refractivity contribution in [1.82, 2.24) is 29.7 Å². The number of pyridine rings is 2. The maximum Gasteiger partial charge on any atom is 0.433 e. The molecule has 1 fully saturated rings. The molecule has 1 aliphatic heterocycles. The topological polar surface area (TPSA) is 132 Å². The van der Waals surface area contributed by atoms with Crippen molar-refractivity contribution in [3.05, 3.63) is 96.2 Å². The first-order valence-corrected chi connectivity index (χ1v) is 17.2. The molecular weight excluding hydrogens is 722 g/mol. The zero-order valence-electron chi connectivity index (χ0n) is 28.1. The minimum atomic E-state index is -4.87. The zero-order chi connectivity index (χ0) is 37.1. The van der Waals surface area contributed by atoms with E-state index < -0.39 is 28.9 Å². The summed E-state index contributed by atoms with van der Waals surface area (Å²) in [7, 11) is 4.07. The number of nitrogens with zero attached hydrogens (tertiary/aromatic N) is 4. The molecule has 5 aromatic rings. The molecule has 2 aromatic carbocycles. The highest BCUT2D eigenvalue weighted by molar-refractivity contribution is 6.39. The van der Waals surface area contributed by atoms with E-state index in [0.717, 1.165) is 39.5 Å². The van der Waals surface area contributed by atoms with Gasteiger partial charge in [0.05, 0.1) is 34.1 Å². The first-order valence-electron chi connectivity index (χ1n) is 16.4. The highest BCUT2D eigenvalue weighted by Gasteiger charge is 2.35. The van der Waals surface area contributed by atoms with Gasteiger partial charge in [-0.3, -0.25) is 18.7 Å². The predicted molar refractivity (Wildman–Crippen MR) is 192 cm³/mol. The number of aryl methyl sites for hydroxylation is 2. The van der Waals surface area contributed by atoms with Crippen LogP contribution in [-0.4, -0.2) is 44.7 Å². The molecule has 1 amide bonds. The Balaban J connectivity index is 1.25. The van der Waals surface area contributed by atoms with Crippen molar-refractivity contribution in [3.8, 4) is 28.3 Å². The van der Waals surface area contributed by atoms with Crippen molar-refractivity contribution >= 4 is 51.5 Å². The molecule has 270 valence electrons. The normalized spacial score (nSPS) is 17.0. The maximum absolute atomic E-state index is 13.9. The summed E-state index contributed by atoms with van der Waals surface area (Å²) in [6, 6.07) is 13.0. The average molecular weight is 755 g/mol. The number of nitrogens with one attached hydrogen (secondary N) is 3. The number of ether oxygens (including phenoxy) is 1. The first kappa shape index (κ1) is 35.5. The van der Waals surface area contributed by atoms with Crippen LogP contribution in [0.1, 0.15) is 42.1 Å². The fraction of sp³-hybridized carbons (Fsp3) is 0.306. The standard InChI is InChI=1S/C36H32Cl2F3N7O4/c1-47-25-15-26(36(39,40)41)46-32(29(25)34(50)48(2)35(47)51)44-23-9-5-7-20(31(23)38)19-6-4-8-21(30(19)37)24-14-17-10-12-22(28(17)33(45-24)52-3)42-16-18-11-13-27(49)43-18/h4-9,14-15,18,22,42H,10-13,16H2,1-3H3,(H,43,49)(H,44,46)/t18-,22?/m0/s1. The highest BCUT2D eigenvalue weighted by atomic mass is 35.5. The van der Waals surface area contributed by atoms with Crippen LogP contribution in [0, 0.1) is 0 Å². The molecule has 0 radical (unpaired) electrons. The number of methoxy groups -OCH3 is 1. The average Bonchev–Trinajstić information content (AvgIpc) is 3.74. The largest absolute Gasteiger partial charge is 0.481 e. The van der Waals surface area contributed by atoms with Gasteiger partial charge < -0.3 is 20.7 Å². The second-order valence-electron chi connectivity index (χ2n) is 12.8. The Morgan fingerprint density at radius 1 is 0.942 bits per heavy atom. The number of aromatic nitrogens is 4. The quantitative estimate of drug-likeness (QED) is 0.169. The maximum atomic E-state index is 13.9. The number of alkyl halides is 3. The number of rotatable bonds is 8. The molecule has 0 spiro atoms. The van der Waals surface area contributed by atoms with Crippen molar-refractivity contribution < 1.29 is 22.7 Å². The van der Waals surface area contributed by atoms with Gasteiger partial charge in [-0.25, -0.2) is 14.8 Å². The molecule has 2 atom stereocenters. The van der Waals surface area contributed by atoms with E-state index in [4.69, 9.17) is 32.9 Å². The number of hydrogen-bond acceptors (Lipinski definition) is 8. The number of hydrogen-bond donors (Lipinski definition) is 3. The molecule has 16 heteroatoms. The molecule has 1 unspecified atom stereocenters. The van der Waals surface area contributed by atoms with Crippen molar-refractivity contribution in [2.45, 2.75) is 43.9 Å². The molecular formula is C36H32Cl2F3N7O4. The summed E-state index contributed by atoms with van der Waals surface area (Å²) in [5.41, 5.74) is 1.17. The van der Waals surface area contributed by atoms with Gasteiger partial charge in [-0.15, -0.1) is 0 Å². The van der Waals surface area contributed by atoms with Gasteiger partial charge in [-0.05, 0) is 43.0 Å². The van der Waals surface area contributed by atoms with Crippen molar-refractivity contribution in [2.24, 2.45) is 14.1 Å². The number of carbonyl (C=O) groups excluding carboxylic acids is 1. The van der Waals surface area contributed by atoms with Crippen LogP contribution >= 0.6 is 23.2 Å². The fourth-order valence-corrected chi connectivity index (χ4v) is 7.55. The number of fused-ring (bicyclic) bond motifs is 2. The molecule has 2 aliphatic rings. The van der Waals surface area contributed by atoms with Crippen LogP contribution in [0.4, 0.5) is 24.7 Å². The van der Waals surface area contributed by atoms with Gasteiger partial charge in [-0.2, -0.15) is 13.2 Å². The van der Waals surface area contributed by atoms with Crippen LogP contribution in [0.15, 0.2) is 58.1 Å². The van der Waals surface area contributed by atoms with Gasteiger partial charge in [0.25, 0.3) is 5.56 Å². The molecule has 3 N–H and O–H groups in total. The molecule has 11 nitrogen and oxygen atoms in total. The van der Waals surface area contributed by atoms with Crippen LogP contribution < -0.4 is 31.9 Å². The summed E-state index contributed by atoms with van der Waals surface area (Å²) in [6.07, 6.45) is -1.94. The van der Waals surface area contributed by atoms with Gasteiger partial charge in [-0.1, -0.05) is 53.5 Å². The van der Waals surface area contributed by atoms with Gasteiger partial charge in [0.2, 0.25) is 11.8 Å². The van der Waals surface area contributed by atoms with Gasteiger partial charge >= 0.3 is 11.9 Å². The molecule has 1 aliphatic carbocycles. The number of amides is 1. The highest BCUT2D eigenvalue weighted by Crippen LogP contribution is 2.44. The van der Waals surface area contributed by atoms with E-state index >= 15 is 0 Å². The van der Waals surface area contributed by atoms with Crippen LogP contribution in [0.3, 0.4) is 0 Å². The van der Waals surface area contributed by atoms with E-state index in [2.05, 4.69) is 20.9 Å². The van der Waals surface area contributed by atoms with Crippen LogP contribution in [0.5, 0.6) is 5.88 Å². The first-order chi connectivity index (χ1) is 24.8. The zero-order valence-corrected chi connectivity index (χ0v) is 29.6. The van der Waals surface area contributed by atoms with E-state index in [0.29, 0.717) is 52.3 Å². The van der Waals surface area contributed by atoms with E-state index in [-0.39, 0.29) is 39.6 Å². The van der Waals surface area contributed by atoms with E-state index in [9.17, 15) is 27.6 Å². The lowest BCUT2D eigenvalue weighted by atomic mass is 9.99. The van der Waals surface area contributed by atoms with Crippen molar-refractivity contribution in [2.75, 3.05) is 19.0 Å². The summed E-state index contributed by atoms with van der Waals surface area (Å²) in [5, 5.41) is 9.57. The number of carbonyl (C=O) groups is 1. The smallest absolute Gasteiger partial charge is 0.433 e. The Morgan fingerprint density at radius 2 is 1.65 bits per heavy atom. The van der Waals surface area contributed by atoms with E-state index in [1.54, 1.807) is 31.4 Å². The molecule has 0 saturated carbocycles. The number of anilines is 2. The third-order valence-electron chi connectivity index (χ3n) is 9.61. The van der Waals surface area contributed by atoms with Crippen molar-refractivity contribution in [1.29, 1.82) is 0 Å². The van der Waals surface area contributed by atoms with Crippen LogP contribution in [0.2, 0.25) is 10.0 Å². The second-order valence-corrected chi connectivity index (χ2v) is 13.6. The lowest BCUT2D eigenvalue weighted by molar-refractivity contribution is -0.141. The summed E-state index contributed by atoms with van der Waals surface area (Å²) in [4.78, 5) is 46.0. The monoisotopic (exact) mass is 753 g/mol. The minimum Gasteiger partial charge on any atom is -0.481 e. The molecule has 4 heterocycles. The molecule has 52 heavy (non-hydrogen) atoms. The summed E-state index contributed by atoms with van der Waals surface area (Å²) < 4.78 is 49.4. The van der Waals surface area contributed by atoms with Gasteiger partial charge in [0.15, 0.2) is 0 Å². The van der Waals surface area contributed by atoms with Crippen LogP contribution in [-0.2, 0) is 31.5 Å². The lowest BCUT2D eigenvalue weighted by Crippen LogP contribution is -2.37. The van der Waals surface area contributed by atoms with Gasteiger partial charge in [0, 0.05) is 61.4 Å². The minimum absolute atomic E-state index is 0.00774. The molecule has 3 aromatic heterocycles. The van der Waals surface area contributed by atoms with Gasteiger partial charge in [0.1, 0.15) is 16.9 Å². The van der Waals surface area contributed by atoms with Crippen LogP contribution in [0.25, 0.3) is 33.3 Å².